The normalized spacial score (nSPS) is 15.2. The van der Waals surface area contributed by atoms with Crippen LogP contribution in [0, 0.1) is 11.7 Å². The quantitative estimate of drug-likeness (QED) is 0.360. The SMILES string of the molecule is CC(=O)[C@H](Cc1ccc(OCc2ccccc2F)cc1)n1ccc(C(=O)C2CCCCC2)c1. The molecule has 3 aromatic rings. The van der Waals surface area contributed by atoms with Gasteiger partial charge in [0.1, 0.15) is 18.2 Å². The van der Waals surface area contributed by atoms with Gasteiger partial charge in [-0.1, -0.05) is 49.6 Å². The molecular formula is C28H30FNO3. The van der Waals surface area contributed by atoms with E-state index in [4.69, 9.17) is 4.74 Å². The summed E-state index contributed by atoms with van der Waals surface area (Å²) in [6.07, 6.45) is 9.57. The predicted octanol–water partition coefficient (Wildman–Crippen LogP) is 6.34. The van der Waals surface area contributed by atoms with Gasteiger partial charge in [-0.15, -0.1) is 0 Å². The Hall–Kier alpha value is -3.21. The first-order valence-corrected chi connectivity index (χ1v) is 11.7. The molecule has 1 aliphatic carbocycles. The molecule has 0 N–H and O–H groups in total. The van der Waals surface area contributed by atoms with Gasteiger partial charge in [0, 0.05) is 35.9 Å². The molecule has 0 aliphatic heterocycles. The molecule has 0 unspecified atom stereocenters. The topological polar surface area (TPSA) is 48.3 Å². The van der Waals surface area contributed by atoms with Gasteiger partial charge in [-0.3, -0.25) is 9.59 Å². The summed E-state index contributed by atoms with van der Waals surface area (Å²) in [7, 11) is 0. The average molecular weight is 448 g/mol. The van der Waals surface area contributed by atoms with Crippen molar-refractivity contribution in [3.8, 4) is 5.75 Å². The summed E-state index contributed by atoms with van der Waals surface area (Å²) >= 11 is 0. The third kappa shape index (κ3) is 5.78. The molecule has 1 heterocycles. The molecular weight excluding hydrogens is 417 g/mol. The number of aromatic nitrogens is 1. The van der Waals surface area contributed by atoms with E-state index in [0.29, 0.717) is 23.3 Å². The van der Waals surface area contributed by atoms with Crippen LogP contribution in [-0.2, 0) is 17.8 Å². The second-order valence-corrected chi connectivity index (χ2v) is 8.90. The average Bonchev–Trinajstić information content (AvgIpc) is 3.32. The fourth-order valence-electron chi connectivity index (χ4n) is 4.53. The van der Waals surface area contributed by atoms with Gasteiger partial charge < -0.3 is 9.30 Å². The Balaban J connectivity index is 1.40. The number of ether oxygens (including phenoxy) is 1. The maximum absolute atomic E-state index is 13.8. The molecule has 1 saturated carbocycles. The largest absolute Gasteiger partial charge is 0.489 e. The van der Waals surface area contributed by atoms with E-state index in [1.54, 1.807) is 25.1 Å². The molecule has 1 fully saturated rings. The van der Waals surface area contributed by atoms with Gasteiger partial charge in [0.2, 0.25) is 0 Å². The first-order chi connectivity index (χ1) is 16.0. The summed E-state index contributed by atoms with van der Waals surface area (Å²) in [5.74, 6) is 0.714. The Morgan fingerprint density at radius 3 is 2.45 bits per heavy atom. The lowest BCUT2D eigenvalue weighted by atomic mass is 9.84. The highest BCUT2D eigenvalue weighted by Gasteiger charge is 2.24. The number of ketones is 2. The van der Waals surface area contributed by atoms with Crippen LogP contribution in [0.4, 0.5) is 4.39 Å². The first-order valence-electron chi connectivity index (χ1n) is 11.7. The van der Waals surface area contributed by atoms with Crippen molar-refractivity contribution in [1.29, 1.82) is 0 Å². The van der Waals surface area contributed by atoms with Crippen LogP contribution < -0.4 is 4.74 Å². The van der Waals surface area contributed by atoms with Crippen LogP contribution in [0.1, 0.15) is 66.6 Å². The zero-order valence-corrected chi connectivity index (χ0v) is 19.0. The van der Waals surface area contributed by atoms with Gasteiger partial charge in [0.25, 0.3) is 0 Å². The number of hydrogen-bond acceptors (Lipinski definition) is 3. The second kappa shape index (κ2) is 10.6. The second-order valence-electron chi connectivity index (χ2n) is 8.90. The van der Waals surface area contributed by atoms with Crippen molar-refractivity contribution in [3.05, 3.63) is 89.5 Å². The summed E-state index contributed by atoms with van der Waals surface area (Å²) in [6.45, 7) is 1.74. The minimum Gasteiger partial charge on any atom is -0.489 e. The molecule has 1 atom stereocenters. The monoisotopic (exact) mass is 447 g/mol. The zero-order valence-electron chi connectivity index (χ0n) is 19.0. The van der Waals surface area contributed by atoms with Crippen LogP contribution >= 0.6 is 0 Å². The highest BCUT2D eigenvalue weighted by atomic mass is 19.1. The minimum absolute atomic E-state index is 0.0437. The number of carbonyl (C=O) groups excluding carboxylic acids is 2. The molecule has 5 heteroatoms. The molecule has 33 heavy (non-hydrogen) atoms. The molecule has 0 saturated heterocycles. The highest BCUT2D eigenvalue weighted by molar-refractivity contribution is 5.97. The van der Waals surface area contributed by atoms with E-state index in [1.807, 2.05) is 47.3 Å². The Morgan fingerprint density at radius 2 is 1.76 bits per heavy atom. The van der Waals surface area contributed by atoms with Gasteiger partial charge in [-0.05, 0) is 49.6 Å². The van der Waals surface area contributed by atoms with E-state index < -0.39 is 0 Å². The first kappa shape index (κ1) is 23.0. The number of nitrogens with zero attached hydrogens (tertiary/aromatic N) is 1. The van der Waals surface area contributed by atoms with E-state index >= 15 is 0 Å². The Labute approximate surface area is 194 Å². The summed E-state index contributed by atoms with van der Waals surface area (Å²) < 4.78 is 21.3. The summed E-state index contributed by atoms with van der Waals surface area (Å²) in [4.78, 5) is 25.3. The Morgan fingerprint density at radius 1 is 1.03 bits per heavy atom. The van der Waals surface area contributed by atoms with Crippen molar-refractivity contribution in [2.24, 2.45) is 5.92 Å². The number of rotatable bonds is 9. The van der Waals surface area contributed by atoms with E-state index in [0.717, 1.165) is 31.2 Å². The lowest BCUT2D eigenvalue weighted by Gasteiger charge is -2.20. The lowest BCUT2D eigenvalue weighted by Crippen LogP contribution is -2.19. The van der Waals surface area contributed by atoms with Crippen molar-refractivity contribution >= 4 is 11.6 Å². The molecule has 172 valence electrons. The van der Waals surface area contributed by atoms with Gasteiger partial charge in [0.05, 0.1) is 6.04 Å². The third-order valence-corrected chi connectivity index (χ3v) is 6.51. The summed E-state index contributed by atoms with van der Waals surface area (Å²) in [5.41, 5.74) is 2.19. The maximum atomic E-state index is 13.8. The Kier molecular flexibility index (Phi) is 7.38. The number of Topliss-reactive ketones (excluding diaryl/α,β-unsaturated/α-hetero) is 2. The van der Waals surface area contributed by atoms with Crippen LogP contribution in [0.25, 0.3) is 0 Å². The summed E-state index contributed by atoms with van der Waals surface area (Å²) in [6, 6.07) is 15.5. The van der Waals surface area contributed by atoms with Crippen molar-refractivity contribution in [2.45, 2.75) is 58.1 Å². The molecule has 1 aliphatic rings. The molecule has 0 radical (unpaired) electrons. The predicted molar refractivity (Wildman–Crippen MR) is 126 cm³/mol. The van der Waals surface area contributed by atoms with Crippen LogP contribution in [0.5, 0.6) is 5.75 Å². The minimum atomic E-state index is -0.372. The fourth-order valence-corrected chi connectivity index (χ4v) is 4.53. The molecule has 4 nitrogen and oxygen atoms in total. The Bertz CT molecular complexity index is 1100. The van der Waals surface area contributed by atoms with E-state index in [2.05, 4.69) is 0 Å². The van der Waals surface area contributed by atoms with Crippen molar-refractivity contribution < 1.29 is 18.7 Å². The molecule has 1 aromatic heterocycles. The number of benzene rings is 2. The lowest BCUT2D eigenvalue weighted by molar-refractivity contribution is -0.120. The number of carbonyl (C=O) groups is 2. The van der Waals surface area contributed by atoms with Crippen LogP contribution in [0.2, 0.25) is 0 Å². The molecule has 0 spiro atoms. The van der Waals surface area contributed by atoms with Gasteiger partial charge in [-0.2, -0.15) is 0 Å². The number of hydrogen-bond donors (Lipinski definition) is 0. The molecule has 0 bridgehead atoms. The third-order valence-electron chi connectivity index (χ3n) is 6.51. The fraction of sp³-hybridized carbons (Fsp3) is 0.357. The van der Waals surface area contributed by atoms with Crippen LogP contribution in [0.3, 0.4) is 0 Å². The van der Waals surface area contributed by atoms with Crippen molar-refractivity contribution in [2.75, 3.05) is 0 Å². The van der Waals surface area contributed by atoms with Gasteiger partial charge in [-0.25, -0.2) is 4.39 Å². The van der Waals surface area contributed by atoms with Crippen LogP contribution in [0.15, 0.2) is 67.0 Å². The highest BCUT2D eigenvalue weighted by Crippen LogP contribution is 2.28. The van der Waals surface area contributed by atoms with Crippen molar-refractivity contribution in [1.82, 2.24) is 4.57 Å². The standard InChI is InChI=1S/C28H30FNO3/c1-20(31)27(30-16-15-23(18-30)28(32)22-7-3-2-4-8-22)17-21-11-13-25(14-12-21)33-19-24-9-5-6-10-26(24)29/h5-6,9-16,18,22,27H,2-4,7-8,17,19H2,1H3/t27-/m0/s1. The van der Waals surface area contributed by atoms with Crippen LogP contribution in [-0.4, -0.2) is 16.1 Å². The number of halogens is 1. The maximum Gasteiger partial charge on any atom is 0.167 e. The molecule has 4 rings (SSSR count). The van der Waals surface area contributed by atoms with E-state index in [9.17, 15) is 14.0 Å². The van der Waals surface area contributed by atoms with Crippen molar-refractivity contribution in [3.63, 3.8) is 0 Å². The zero-order chi connectivity index (χ0) is 23.2. The molecule has 0 amide bonds. The van der Waals surface area contributed by atoms with Gasteiger partial charge >= 0.3 is 0 Å². The smallest absolute Gasteiger partial charge is 0.167 e. The summed E-state index contributed by atoms with van der Waals surface area (Å²) in [5, 5.41) is 0. The van der Waals surface area contributed by atoms with E-state index in [1.165, 1.54) is 12.5 Å². The van der Waals surface area contributed by atoms with E-state index in [-0.39, 0.29) is 36.0 Å². The van der Waals surface area contributed by atoms with Gasteiger partial charge in [0.15, 0.2) is 11.6 Å². The molecule has 2 aromatic carbocycles.